The van der Waals surface area contributed by atoms with Crippen molar-refractivity contribution in [2.24, 2.45) is 0 Å². The largest absolute Gasteiger partial charge is 0.356 e. The molecular formula is C19H15NO2. The van der Waals surface area contributed by atoms with E-state index >= 15 is 0 Å². The van der Waals surface area contributed by atoms with Crippen LogP contribution in [-0.2, 0) is 4.79 Å². The first-order valence-electron chi connectivity index (χ1n) is 6.66. The van der Waals surface area contributed by atoms with Crippen LogP contribution in [0.15, 0.2) is 59.1 Å². The van der Waals surface area contributed by atoms with Crippen LogP contribution in [0.1, 0.15) is 11.1 Å². The molecule has 0 aliphatic heterocycles. The highest BCUT2D eigenvalue weighted by Gasteiger charge is 2.08. The second-order valence-corrected chi connectivity index (χ2v) is 4.66. The number of rotatable bonds is 2. The zero-order chi connectivity index (χ0) is 15.9. The third-order valence-corrected chi connectivity index (χ3v) is 3.19. The zero-order valence-electron chi connectivity index (χ0n) is 12.2. The molecule has 0 aliphatic rings. The van der Waals surface area contributed by atoms with Gasteiger partial charge in [-0.2, -0.15) is 0 Å². The monoisotopic (exact) mass is 289 g/mol. The Labute approximate surface area is 129 Å². The molecule has 0 saturated heterocycles. The van der Waals surface area contributed by atoms with Crippen molar-refractivity contribution in [2.75, 3.05) is 0 Å². The minimum atomic E-state index is 0.740. The predicted molar refractivity (Wildman–Crippen MR) is 87.2 cm³/mol. The number of terminal acetylenes is 1. The average Bonchev–Trinajstić information content (AvgIpc) is 3.07. The van der Waals surface area contributed by atoms with E-state index in [1.54, 1.807) is 0 Å². The lowest BCUT2D eigenvalue weighted by Crippen LogP contribution is -1.77. The Balaban J connectivity index is 0.000000847. The van der Waals surface area contributed by atoms with Crippen molar-refractivity contribution in [1.29, 1.82) is 0 Å². The SMILES string of the molecule is C#Cc1ccc(-c2cc(-c3ccc(C)cc3)no2)cc1.C=O. The molecule has 0 radical (unpaired) electrons. The highest BCUT2D eigenvalue weighted by molar-refractivity contribution is 5.67. The number of carbonyl (C=O) groups is 1. The number of nitrogens with zero attached hydrogens (tertiary/aromatic N) is 1. The Kier molecular flexibility index (Phi) is 4.89. The molecule has 3 nitrogen and oxygen atoms in total. The molecule has 3 rings (SSSR count). The molecule has 3 heteroatoms. The van der Waals surface area contributed by atoms with E-state index in [0.717, 1.165) is 28.1 Å². The van der Waals surface area contributed by atoms with Crippen molar-refractivity contribution in [3.8, 4) is 34.9 Å². The van der Waals surface area contributed by atoms with Gasteiger partial charge >= 0.3 is 0 Å². The lowest BCUT2D eigenvalue weighted by atomic mass is 10.1. The molecule has 22 heavy (non-hydrogen) atoms. The first-order valence-corrected chi connectivity index (χ1v) is 6.66. The van der Waals surface area contributed by atoms with Gasteiger partial charge in [0.1, 0.15) is 12.5 Å². The summed E-state index contributed by atoms with van der Waals surface area (Å²) in [5.74, 6) is 3.34. The Morgan fingerprint density at radius 3 is 2.18 bits per heavy atom. The Bertz CT molecular complexity index is 778. The van der Waals surface area contributed by atoms with Gasteiger partial charge in [-0.15, -0.1) is 6.42 Å². The normalized spacial score (nSPS) is 9.45. The summed E-state index contributed by atoms with van der Waals surface area (Å²) in [5, 5.41) is 4.12. The molecular weight excluding hydrogens is 274 g/mol. The molecule has 3 aromatic rings. The van der Waals surface area contributed by atoms with Crippen LogP contribution >= 0.6 is 0 Å². The van der Waals surface area contributed by atoms with Crippen molar-refractivity contribution >= 4 is 6.79 Å². The van der Waals surface area contributed by atoms with Crippen molar-refractivity contribution in [2.45, 2.75) is 6.92 Å². The molecule has 0 N–H and O–H groups in total. The van der Waals surface area contributed by atoms with Gasteiger partial charge in [0.25, 0.3) is 0 Å². The molecule has 0 unspecified atom stereocenters. The van der Waals surface area contributed by atoms with Crippen LogP contribution in [0.25, 0.3) is 22.6 Å². The van der Waals surface area contributed by atoms with Gasteiger partial charge in [0.15, 0.2) is 5.76 Å². The van der Waals surface area contributed by atoms with Crippen molar-refractivity contribution < 1.29 is 9.32 Å². The van der Waals surface area contributed by atoms with Crippen LogP contribution in [0.3, 0.4) is 0 Å². The van der Waals surface area contributed by atoms with E-state index in [4.69, 9.17) is 15.7 Å². The Hall–Kier alpha value is -3.12. The highest BCUT2D eigenvalue weighted by Crippen LogP contribution is 2.26. The first kappa shape index (κ1) is 15.3. The second kappa shape index (κ2) is 7.05. The predicted octanol–water partition coefficient (Wildman–Crippen LogP) is 4.11. The van der Waals surface area contributed by atoms with Crippen LogP contribution in [0.5, 0.6) is 0 Å². The van der Waals surface area contributed by atoms with E-state index in [1.165, 1.54) is 5.56 Å². The molecule has 0 atom stereocenters. The van der Waals surface area contributed by atoms with Gasteiger partial charge in [0.2, 0.25) is 0 Å². The molecule has 0 aliphatic carbocycles. The average molecular weight is 289 g/mol. The summed E-state index contributed by atoms with van der Waals surface area (Å²) >= 11 is 0. The minimum Gasteiger partial charge on any atom is -0.356 e. The summed E-state index contributed by atoms with van der Waals surface area (Å²) in [5.41, 5.74) is 4.93. The van der Waals surface area contributed by atoms with Crippen LogP contribution in [0.2, 0.25) is 0 Å². The number of hydrogen-bond acceptors (Lipinski definition) is 3. The summed E-state index contributed by atoms with van der Waals surface area (Å²) in [7, 11) is 0. The van der Waals surface area contributed by atoms with Gasteiger partial charge in [-0.05, 0) is 31.2 Å². The third kappa shape index (κ3) is 3.31. The molecule has 0 bridgehead atoms. The minimum absolute atomic E-state index is 0.740. The maximum Gasteiger partial charge on any atom is 0.167 e. The zero-order valence-corrected chi connectivity index (χ0v) is 12.2. The lowest BCUT2D eigenvalue weighted by molar-refractivity contribution is -0.0979. The van der Waals surface area contributed by atoms with Crippen LogP contribution < -0.4 is 0 Å². The molecule has 108 valence electrons. The molecule has 0 spiro atoms. The molecule has 0 fully saturated rings. The van der Waals surface area contributed by atoms with Crippen LogP contribution in [0.4, 0.5) is 0 Å². The molecule has 1 aromatic heterocycles. The van der Waals surface area contributed by atoms with Gasteiger partial charge in [0, 0.05) is 22.8 Å². The van der Waals surface area contributed by atoms with E-state index in [-0.39, 0.29) is 0 Å². The van der Waals surface area contributed by atoms with E-state index in [9.17, 15) is 0 Å². The number of aryl methyl sites for hydroxylation is 1. The smallest absolute Gasteiger partial charge is 0.167 e. The van der Waals surface area contributed by atoms with E-state index < -0.39 is 0 Å². The fraction of sp³-hybridized carbons (Fsp3) is 0.0526. The van der Waals surface area contributed by atoms with Gasteiger partial charge in [0.05, 0.1) is 0 Å². The lowest BCUT2D eigenvalue weighted by Gasteiger charge is -1.96. The topological polar surface area (TPSA) is 43.1 Å². The fourth-order valence-corrected chi connectivity index (χ4v) is 2.00. The van der Waals surface area contributed by atoms with Crippen molar-refractivity contribution in [1.82, 2.24) is 5.16 Å². The third-order valence-electron chi connectivity index (χ3n) is 3.19. The standard InChI is InChI=1S/C18H13NO.CH2O/c1-3-14-6-10-16(11-7-14)18-12-17(19-20-18)15-8-4-13(2)5-9-15;1-2/h1,4-12H,2H3;1H2. The van der Waals surface area contributed by atoms with Crippen LogP contribution in [0, 0.1) is 19.3 Å². The number of benzene rings is 2. The van der Waals surface area contributed by atoms with E-state index in [2.05, 4.69) is 30.1 Å². The van der Waals surface area contributed by atoms with Crippen molar-refractivity contribution in [3.05, 3.63) is 65.7 Å². The summed E-state index contributed by atoms with van der Waals surface area (Å²) < 4.78 is 5.41. The number of hydrogen-bond donors (Lipinski definition) is 0. The van der Waals surface area contributed by atoms with E-state index in [0.29, 0.717) is 0 Å². The molecule has 1 heterocycles. The molecule has 0 saturated carbocycles. The molecule has 0 amide bonds. The first-order chi connectivity index (χ1) is 10.8. The summed E-state index contributed by atoms with van der Waals surface area (Å²) in [6.45, 7) is 4.06. The second-order valence-electron chi connectivity index (χ2n) is 4.66. The summed E-state index contributed by atoms with van der Waals surface area (Å²) in [6, 6.07) is 17.8. The Morgan fingerprint density at radius 1 is 1.00 bits per heavy atom. The van der Waals surface area contributed by atoms with Crippen LogP contribution in [-0.4, -0.2) is 11.9 Å². The van der Waals surface area contributed by atoms with Gasteiger partial charge in [-0.1, -0.05) is 40.9 Å². The fourth-order valence-electron chi connectivity index (χ4n) is 2.00. The van der Waals surface area contributed by atoms with Gasteiger partial charge in [-0.3, -0.25) is 0 Å². The quantitative estimate of drug-likeness (QED) is 0.667. The maximum absolute atomic E-state index is 8.00. The Morgan fingerprint density at radius 2 is 1.59 bits per heavy atom. The maximum atomic E-state index is 8.00. The van der Waals surface area contributed by atoms with Crippen molar-refractivity contribution in [3.63, 3.8) is 0 Å². The molecule has 2 aromatic carbocycles. The number of aromatic nitrogens is 1. The van der Waals surface area contributed by atoms with Gasteiger partial charge in [-0.25, -0.2) is 0 Å². The van der Waals surface area contributed by atoms with E-state index in [1.807, 2.05) is 49.3 Å². The highest BCUT2D eigenvalue weighted by atomic mass is 16.5. The van der Waals surface area contributed by atoms with Gasteiger partial charge < -0.3 is 9.32 Å². The summed E-state index contributed by atoms with van der Waals surface area (Å²) in [6.07, 6.45) is 5.35. The number of carbonyl (C=O) groups excluding carboxylic acids is 1. The summed E-state index contributed by atoms with van der Waals surface area (Å²) in [4.78, 5) is 8.00.